The minimum Gasteiger partial charge on any atom is -0.274 e. The van der Waals surface area contributed by atoms with E-state index in [9.17, 15) is 9.59 Å². The smallest absolute Gasteiger partial charge is 0.273 e. The minimum absolute atomic E-state index is 0.0220. The molecule has 18 heavy (non-hydrogen) atoms. The Hall–Kier alpha value is -1.61. The van der Waals surface area contributed by atoms with Gasteiger partial charge in [0, 0.05) is 6.54 Å². The SMILES string of the molecule is CCN1C(=O)C(Cl)=C(c2ccc(C)cc2C)C1=O. The van der Waals surface area contributed by atoms with Gasteiger partial charge in [0.2, 0.25) is 0 Å². The van der Waals surface area contributed by atoms with E-state index in [0.717, 1.165) is 21.6 Å². The monoisotopic (exact) mass is 263 g/mol. The van der Waals surface area contributed by atoms with E-state index in [1.807, 2.05) is 32.0 Å². The molecule has 1 aliphatic heterocycles. The zero-order chi connectivity index (χ0) is 13.4. The summed E-state index contributed by atoms with van der Waals surface area (Å²) in [6, 6.07) is 5.72. The number of amides is 2. The summed E-state index contributed by atoms with van der Waals surface area (Å²) in [4.78, 5) is 25.1. The highest BCUT2D eigenvalue weighted by atomic mass is 35.5. The molecule has 0 spiro atoms. The van der Waals surface area contributed by atoms with Gasteiger partial charge in [0.15, 0.2) is 0 Å². The molecule has 1 aromatic rings. The van der Waals surface area contributed by atoms with Gasteiger partial charge in [0.1, 0.15) is 5.03 Å². The van der Waals surface area contributed by atoms with E-state index in [0.29, 0.717) is 12.1 Å². The first-order valence-electron chi connectivity index (χ1n) is 5.81. The molecule has 0 radical (unpaired) electrons. The standard InChI is InChI=1S/C14H14ClNO2/c1-4-16-13(17)11(12(15)14(16)18)10-6-5-8(2)7-9(10)3/h5-7H,4H2,1-3H3. The van der Waals surface area contributed by atoms with Crippen molar-refractivity contribution in [2.75, 3.05) is 6.54 Å². The van der Waals surface area contributed by atoms with Crippen LogP contribution >= 0.6 is 11.6 Å². The molecule has 94 valence electrons. The third-order valence-corrected chi connectivity index (χ3v) is 3.43. The Bertz CT molecular complexity index is 575. The number of aryl methyl sites for hydroxylation is 2. The summed E-state index contributed by atoms with van der Waals surface area (Å²) in [6.45, 7) is 5.98. The highest BCUT2D eigenvalue weighted by Gasteiger charge is 2.37. The van der Waals surface area contributed by atoms with E-state index < -0.39 is 5.91 Å². The van der Waals surface area contributed by atoms with E-state index >= 15 is 0 Å². The van der Waals surface area contributed by atoms with Crippen molar-refractivity contribution >= 4 is 29.0 Å². The number of benzene rings is 1. The molecule has 0 saturated carbocycles. The van der Waals surface area contributed by atoms with Crippen molar-refractivity contribution in [3.63, 3.8) is 0 Å². The van der Waals surface area contributed by atoms with Crippen molar-refractivity contribution < 1.29 is 9.59 Å². The summed E-state index contributed by atoms with van der Waals surface area (Å²) in [7, 11) is 0. The fourth-order valence-electron chi connectivity index (χ4n) is 2.16. The Morgan fingerprint density at radius 1 is 1.17 bits per heavy atom. The molecule has 4 heteroatoms. The number of hydrogen-bond acceptors (Lipinski definition) is 2. The van der Waals surface area contributed by atoms with Crippen LogP contribution in [0.5, 0.6) is 0 Å². The van der Waals surface area contributed by atoms with Gasteiger partial charge in [-0.05, 0) is 31.9 Å². The third-order valence-electron chi connectivity index (χ3n) is 3.08. The highest BCUT2D eigenvalue weighted by molar-refractivity contribution is 6.55. The van der Waals surface area contributed by atoms with Crippen LogP contribution in [0, 0.1) is 13.8 Å². The van der Waals surface area contributed by atoms with Gasteiger partial charge in [-0.25, -0.2) is 0 Å². The summed E-state index contributed by atoms with van der Waals surface area (Å²) in [5, 5.41) is 0.0220. The van der Waals surface area contributed by atoms with Crippen LogP contribution in [0.4, 0.5) is 0 Å². The first-order valence-corrected chi connectivity index (χ1v) is 6.18. The zero-order valence-electron chi connectivity index (χ0n) is 10.6. The lowest BCUT2D eigenvalue weighted by Gasteiger charge is -2.12. The first kappa shape index (κ1) is 12.8. The number of imide groups is 1. The predicted octanol–water partition coefficient (Wildman–Crippen LogP) is 2.64. The summed E-state index contributed by atoms with van der Waals surface area (Å²) in [6.07, 6.45) is 0. The second kappa shape index (κ2) is 4.58. The van der Waals surface area contributed by atoms with E-state index in [-0.39, 0.29) is 10.9 Å². The van der Waals surface area contributed by atoms with E-state index in [4.69, 9.17) is 11.6 Å². The molecule has 0 fully saturated rings. The lowest BCUT2D eigenvalue weighted by atomic mass is 9.99. The van der Waals surface area contributed by atoms with Gasteiger partial charge in [0.25, 0.3) is 11.8 Å². The molecule has 0 bridgehead atoms. The number of nitrogens with zero attached hydrogens (tertiary/aromatic N) is 1. The molecule has 3 nitrogen and oxygen atoms in total. The van der Waals surface area contributed by atoms with Crippen LogP contribution in [-0.2, 0) is 9.59 Å². The topological polar surface area (TPSA) is 37.4 Å². The van der Waals surface area contributed by atoms with Gasteiger partial charge in [0.05, 0.1) is 5.57 Å². The zero-order valence-corrected chi connectivity index (χ0v) is 11.3. The average Bonchev–Trinajstić information content (AvgIpc) is 2.52. The summed E-state index contributed by atoms with van der Waals surface area (Å²) in [5.41, 5.74) is 3.11. The quantitative estimate of drug-likeness (QED) is 0.770. The number of carbonyl (C=O) groups excluding carboxylic acids is 2. The molecule has 1 aromatic carbocycles. The van der Waals surface area contributed by atoms with Crippen molar-refractivity contribution in [2.24, 2.45) is 0 Å². The third kappa shape index (κ3) is 1.85. The second-order valence-corrected chi connectivity index (χ2v) is 4.74. The normalized spacial score (nSPS) is 15.9. The number of hydrogen-bond donors (Lipinski definition) is 0. The number of halogens is 1. The second-order valence-electron chi connectivity index (χ2n) is 4.36. The number of carbonyl (C=O) groups is 2. The van der Waals surface area contributed by atoms with Gasteiger partial charge in [-0.3, -0.25) is 14.5 Å². The number of rotatable bonds is 2. The van der Waals surface area contributed by atoms with Gasteiger partial charge in [-0.2, -0.15) is 0 Å². The maximum atomic E-state index is 12.2. The summed E-state index contributed by atoms with van der Waals surface area (Å²) < 4.78 is 0. The Morgan fingerprint density at radius 2 is 1.83 bits per heavy atom. The van der Waals surface area contributed by atoms with Crippen molar-refractivity contribution in [1.82, 2.24) is 4.90 Å². The summed E-state index contributed by atoms with van der Waals surface area (Å²) in [5.74, 6) is -0.710. The summed E-state index contributed by atoms with van der Waals surface area (Å²) >= 11 is 6.01. The Balaban J connectivity index is 2.57. The fourth-order valence-corrected chi connectivity index (χ4v) is 2.45. The molecular weight excluding hydrogens is 250 g/mol. The molecule has 2 rings (SSSR count). The van der Waals surface area contributed by atoms with Gasteiger partial charge in [-0.15, -0.1) is 0 Å². The minimum atomic E-state index is -0.404. The molecule has 2 amide bonds. The van der Waals surface area contributed by atoms with Crippen LogP contribution in [-0.4, -0.2) is 23.3 Å². The van der Waals surface area contributed by atoms with Crippen LogP contribution in [0.15, 0.2) is 23.2 Å². The van der Waals surface area contributed by atoms with Gasteiger partial charge >= 0.3 is 0 Å². The molecule has 0 saturated heterocycles. The molecule has 0 unspecified atom stereocenters. The lowest BCUT2D eigenvalue weighted by Crippen LogP contribution is -2.30. The molecule has 1 aliphatic rings. The van der Waals surface area contributed by atoms with Crippen LogP contribution in [0.1, 0.15) is 23.6 Å². The van der Waals surface area contributed by atoms with Crippen molar-refractivity contribution in [2.45, 2.75) is 20.8 Å². The average molecular weight is 264 g/mol. The molecule has 0 N–H and O–H groups in total. The number of likely N-dealkylation sites (N-methyl/N-ethyl adjacent to an activating group) is 1. The van der Waals surface area contributed by atoms with Crippen LogP contribution in [0.3, 0.4) is 0 Å². The van der Waals surface area contributed by atoms with Crippen molar-refractivity contribution in [1.29, 1.82) is 0 Å². The lowest BCUT2D eigenvalue weighted by molar-refractivity contribution is -0.136. The first-order chi connectivity index (χ1) is 8.47. The predicted molar refractivity (Wildman–Crippen MR) is 71.1 cm³/mol. The van der Waals surface area contributed by atoms with E-state index in [2.05, 4.69) is 0 Å². The van der Waals surface area contributed by atoms with Crippen molar-refractivity contribution in [3.05, 3.63) is 39.9 Å². The van der Waals surface area contributed by atoms with Crippen molar-refractivity contribution in [3.8, 4) is 0 Å². The molecule has 0 aliphatic carbocycles. The maximum Gasteiger partial charge on any atom is 0.273 e. The Kier molecular flexibility index (Phi) is 3.26. The Morgan fingerprint density at radius 3 is 2.33 bits per heavy atom. The molecule has 1 heterocycles. The molecule has 0 aromatic heterocycles. The van der Waals surface area contributed by atoms with E-state index in [1.54, 1.807) is 6.92 Å². The highest BCUT2D eigenvalue weighted by Crippen LogP contribution is 2.33. The van der Waals surface area contributed by atoms with Crippen LogP contribution < -0.4 is 0 Å². The largest absolute Gasteiger partial charge is 0.274 e. The van der Waals surface area contributed by atoms with E-state index in [1.165, 1.54) is 0 Å². The van der Waals surface area contributed by atoms with Crippen LogP contribution in [0.25, 0.3) is 5.57 Å². The fraction of sp³-hybridized carbons (Fsp3) is 0.286. The van der Waals surface area contributed by atoms with Crippen LogP contribution in [0.2, 0.25) is 0 Å². The Labute approximate surface area is 111 Å². The van der Waals surface area contributed by atoms with Gasteiger partial charge in [-0.1, -0.05) is 35.4 Å². The maximum absolute atomic E-state index is 12.2. The van der Waals surface area contributed by atoms with Gasteiger partial charge < -0.3 is 0 Å². The molecule has 0 atom stereocenters. The molecular formula is C14H14ClNO2.